The van der Waals surface area contributed by atoms with Gasteiger partial charge in [-0.1, -0.05) is 51.9 Å². The van der Waals surface area contributed by atoms with Gasteiger partial charge in [0.25, 0.3) is 0 Å². The van der Waals surface area contributed by atoms with Crippen molar-refractivity contribution in [1.29, 1.82) is 0 Å². The largest absolute Gasteiger partial charge is 0.379 e. The second-order valence-electron chi connectivity index (χ2n) is 4.98. The van der Waals surface area contributed by atoms with E-state index >= 15 is 0 Å². The Morgan fingerprint density at radius 1 is 0.882 bits per heavy atom. The fourth-order valence-electron chi connectivity index (χ4n) is 2.22. The van der Waals surface area contributed by atoms with E-state index in [1.807, 2.05) is 0 Å². The van der Waals surface area contributed by atoms with Crippen molar-refractivity contribution in [3.05, 3.63) is 0 Å². The van der Waals surface area contributed by atoms with Crippen LogP contribution in [-0.4, -0.2) is 37.9 Å². The van der Waals surface area contributed by atoms with Crippen LogP contribution in [0.5, 0.6) is 0 Å². The monoisotopic (exact) mass is 242 g/mol. The highest BCUT2D eigenvalue weighted by Crippen LogP contribution is 2.07. The molecule has 0 spiro atoms. The molecule has 0 radical (unpaired) electrons. The van der Waals surface area contributed by atoms with E-state index in [9.17, 15) is 0 Å². The summed E-state index contributed by atoms with van der Waals surface area (Å²) in [6, 6.07) is 0. The molecule has 3 heteroatoms. The van der Waals surface area contributed by atoms with E-state index in [1.165, 1.54) is 51.4 Å². The molecular formula is C14H30N2O. The zero-order valence-electron chi connectivity index (χ0n) is 11.5. The third-order valence-corrected chi connectivity index (χ3v) is 3.38. The van der Waals surface area contributed by atoms with Crippen LogP contribution in [0.15, 0.2) is 0 Å². The average Bonchev–Trinajstić information content (AvgIpc) is 2.38. The van der Waals surface area contributed by atoms with Gasteiger partial charge in [-0.15, -0.1) is 0 Å². The van der Waals surface area contributed by atoms with Gasteiger partial charge in [-0.2, -0.15) is 0 Å². The Morgan fingerprint density at radius 2 is 1.47 bits per heavy atom. The van der Waals surface area contributed by atoms with Crippen LogP contribution in [0.4, 0.5) is 0 Å². The molecule has 102 valence electrons. The van der Waals surface area contributed by atoms with Crippen molar-refractivity contribution in [2.45, 2.75) is 58.3 Å². The summed E-state index contributed by atoms with van der Waals surface area (Å²) in [5, 5.41) is 2.30. The van der Waals surface area contributed by atoms with Gasteiger partial charge in [0.1, 0.15) is 0 Å². The quantitative estimate of drug-likeness (QED) is 0.596. The normalized spacial score (nSPS) is 17.5. The summed E-state index contributed by atoms with van der Waals surface area (Å²) in [5.74, 6) is 0. The van der Waals surface area contributed by atoms with Gasteiger partial charge in [0, 0.05) is 19.6 Å². The van der Waals surface area contributed by atoms with Gasteiger partial charge in [0.05, 0.1) is 13.2 Å². The molecule has 0 aliphatic carbocycles. The van der Waals surface area contributed by atoms with Gasteiger partial charge in [-0.05, 0) is 6.42 Å². The molecule has 1 heterocycles. The highest BCUT2D eigenvalue weighted by atomic mass is 16.5. The van der Waals surface area contributed by atoms with E-state index in [1.54, 1.807) is 0 Å². The third-order valence-electron chi connectivity index (χ3n) is 3.38. The van der Waals surface area contributed by atoms with Crippen LogP contribution in [0.1, 0.15) is 58.3 Å². The summed E-state index contributed by atoms with van der Waals surface area (Å²) in [6.45, 7) is 7.25. The minimum absolute atomic E-state index is 0.879. The second kappa shape index (κ2) is 11.0. The number of nitrogens with one attached hydrogen (secondary N) is 1. The first kappa shape index (κ1) is 14.9. The molecule has 1 aliphatic rings. The molecule has 1 saturated heterocycles. The van der Waals surface area contributed by atoms with E-state index in [2.05, 4.69) is 17.4 Å². The Bertz CT molecular complexity index is 158. The molecule has 1 N–H and O–H groups in total. The van der Waals surface area contributed by atoms with Crippen LogP contribution < -0.4 is 5.43 Å². The van der Waals surface area contributed by atoms with Crippen LogP contribution >= 0.6 is 0 Å². The van der Waals surface area contributed by atoms with E-state index in [4.69, 9.17) is 4.74 Å². The molecular weight excluding hydrogens is 212 g/mol. The molecule has 0 saturated carbocycles. The highest BCUT2D eigenvalue weighted by Gasteiger charge is 2.08. The summed E-state index contributed by atoms with van der Waals surface area (Å²) in [5.41, 5.74) is 3.49. The number of hydrogen-bond acceptors (Lipinski definition) is 3. The molecule has 17 heavy (non-hydrogen) atoms. The molecule has 0 aromatic rings. The van der Waals surface area contributed by atoms with Gasteiger partial charge in [0.15, 0.2) is 0 Å². The van der Waals surface area contributed by atoms with Crippen molar-refractivity contribution in [1.82, 2.24) is 10.4 Å². The van der Waals surface area contributed by atoms with Gasteiger partial charge in [-0.3, -0.25) is 5.43 Å². The van der Waals surface area contributed by atoms with Crippen LogP contribution in [0.3, 0.4) is 0 Å². The lowest BCUT2D eigenvalue weighted by Gasteiger charge is -2.27. The third kappa shape index (κ3) is 8.58. The summed E-state index contributed by atoms with van der Waals surface area (Å²) in [7, 11) is 0. The molecule has 0 bridgehead atoms. The first-order valence-corrected chi connectivity index (χ1v) is 7.49. The maximum atomic E-state index is 5.31. The Labute approximate surface area is 107 Å². The fraction of sp³-hybridized carbons (Fsp3) is 1.00. The van der Waals surface area contributed by atoms with Gasteiger partial charge < -0.3 is 4.74 Å². The lowest BCUT2D eigenvalue weighted by molar-refractivity contribution is 0.0118. The lowest BCUT2D eigenvalue weighted by atomic mass is 10.1. The van der Waals surface area contributed by atoms with Crippen LogP contribution in [0, 0.1) is 0 Å². The second-order valence-corrected chi connectivity index (χ2v) is 4.98. The number of nitrogens with zero attached hydrogens (tertiary/aromatic N) is 1. The van der Waals surface area contributed by atoms with Crippen LogP contribution in [0.2, 0.25) is 0 Å². The van der Waals surface area contributed by atoms with Crippen molar-refractivity contribution in [3.8, 4) is 0 Å². The van der Waals surface area contributed by atoms with E-state index in [0.717, 1.165) is 32.8 Å². The maximum Gasteiger partial charge on any atom is 0.0608 e. The van der Waals surface area contributed by atoms with Gasteiger partial charge in [-0.25, -0.2) is 5.01 Å². The molecule has 1 aliphatic heterocycles. The number of rotatable bonds is 10. The molecule has 3 nitrogen and oxygen atoms in total. The van der Waals surface area contributed by atoms with Crippen molar-refractivity contribution < 1.29 is 4.74 Å². The minimum atomic E-state index is 0.879. The SMILES string of the molecule is CCCCCCCCCCNN1CCOCC1. The van der Waals surface area contributed by atoms with Gasteiger partial charge in [0.2, 0.25) is 0 Å². The molecule has 0 aromatic heterocycles. The molecule has 1 rings (SSSR count). The smallest absolute Gasteiger partial charge is 0.0608 e. The molecule has 0 unspecified atom stereocenters. The van der Waals surface area contributed by atoms with Crippen LogP contribution in [-0.2, 0) is 4.74 Å². The molecule has 0 aromatic carbocycles. The predicted octanol–water partition coefficient (Wildman–Crippen LogP) is 2.96. The molecule has 1 fully saturated rings. The number of hydrazine groups is 1. The van der Waals surface area contributed by atoms with Crippen LogP contribution in [0.25, 0.3) is 0 Å². The minimum Gasteiger partial charge on any atom is -0.379 e. The summed E-state index contributed by atoms with van der Waals surface area (Å²) >= 11 is 0. The highest BCUT2D eigenvalue weighted by molar-refractivity contribution is 4.57. The Balaban J connectivity index is 1.75. The number of unbranched alkanes of at least 4 members (excludes halogenated alkanes) is 7. The Kier molecular flexibility index (Phi) is 9.66. The standard InChI is InChI=1S/C14H30N2O/c1-2-3-4-5-6-7-8-9-10-15-16-11-13-17-14-12-16/h15H,2-14H2,1H3. The average molecular weight is 242 g/mol. The Morgan fingerprint density at radius 3 is 2.12 bits per heavy atom. The van der Waals surface area contributed by atoms with Gasteiger partial charge >= 0.3 is 0 Å². The first-order chi connectivity index (χ1) is 8.43. The Hall–Kier alpha value is -0.120. The summed E-state index contributed by atoms with van der Waals surface area (Å²) < 4.78 is 5.31. The van der Waals surface area contributed by atoms with Crippen molar-refractivity contribution >= 4 is 0 Å². The fourth-order valence-corrected chi connectivity index (χ4v) is 2.22. The molecule has 0 amide bonds. The van der Waals surface area contributed by atoms with E-state index in [-0.39, 0.29) is 0 Å². The number of hydrogen-bond donors (Lipinski definition) is 1. The predicted molar refractivity (Wildman–Crippen MR) is 73.0 cm³/mol. The van der Waals surface area contributed by atoms with Crippen molar-refractivity contribution in [2.75, 3.05) is 32.8 Å². The van der Waals surface area contributed by atoms with Crippen molar-refractivity contribution in [3.63, 3.8) is 0 Å². The van der Waals surface area contributed by atoms with E-state index in [0.29, 0.717) is 0 Å². The zero-order valence-corrected chi connectivity index (χ0v) is 11.5. The zero-order chi connectivity index (χ0) is 12.2. The topological polar surface area (TPSA) is 24.5 Å². The number of ether oxygens (including phenoxy) is 1. The lowest BCUT2D eigenvalue weighted by Crippen LogP contribution is -2.45. The number of morpholine rings is 1. The van der Waals surface area contributed by atoms with E-state index < -0.39 is 0 Å². The first-order valence-electron chi connectivity index (χ1n) is 7.49. The summed E-state index contributed by atoms with van der Waals surface area (Å²) in [6.07, 6.45) is 11.2. The summed E-state index contributed by atoms with van der Waals surface area (Å²) in [4.78, 5) is 0. The maximum absolute atomic E-state index is 5.31. The van der Waals surface area contributed by atoms with Crippen molar-refractivity contribution in [2.24, 2.45) is 0 Å². The molecule has 0 atom stereocenters.